The third-order valence-electron chi connectivity index (χ3n) is 10.8. The fraction of sp³-hybridized carbons (Fsp3) is 0.389. The van der Waals surface area contributed by atoms with E-state index in [2.05, 4.69) is 46.6 Å². The molecule has 13 nitrogen and oxygen atoms in total. The van der Waals surface area contributed by atoms with Crippen LogP contribution in [0.2, 0.25) is 10.6 Å². The second-order valence-electron chi connectivity index (χ2n) is 14.0. The summed E-state index contributed by atoms with van der Waals surface area (Å²) in [4.78, 5) is 13.2. The number of halogens is 2. The van der Waals surface area contributed by atoms with Crippen molar-refractivity contribution in [3.8, 4) is 11.5 Å². The normalized spacial score (nSPS) is 17.4. The molecule has 1 aromatic heterocycles. The molecule has 0 spiro atoms. The molecule has 4 aromatic rings. The lowest BCUT2D eigenvalue weighted by molar-refractivity contribution is 0.431. The molecule has 0 saturated heterocycles. The lowest BCUT2D eigenvalue weighted by Crippen LogP contribution is -2.45. The van der Waals surface area contributed by atoms with Gasteiger partial charge in [0.25, 0.3) is 10.1 Å². The molecule has 0 radical (unpaired) electrons. The molecule has 3 aromatic carbocycles. The molecule has 5 aliphatic heterocycles. The highest BCUT2D eigenvalue weighted by Gasteiger charge is 2.37. The predicted molar refractivity (Wildman–Crippen MR) is 200 cm³/mol. The van der Waals surface area contributed by atoms with E-state index in [1.807, 2.05) is 0 Å². The van der Waals surface area contributed by atoms with Gasteiger partial charge in [-0.05, 0) is 91.6 Å². The minimum atomic E-state index is -4.76. The maximum absolute atomic E-state index is 14.4. The third-order valence-corrected chi connectivity index (χ3v) is 13.5. The van der Waals surface area contributed by atoms with Gasteiger partial charge in [-0.2, -0.15) is 23.4 Å². The first-order chi connectivity index (χ1) is 25.5. The van der Waals surface area contributed by atoms with Gasteiger partial charge in [-0.15, -0.1) is 0 Å². The van der Waals surface area contributed by atoms with Crippen molar-refractivity contribution < 1.29 is 26.1 Å². The number of nitrogens with zero attached hydrogens (tertiary/aromatic N) is 5. The summed E-state index contributed by atoms with van der Waals surface area (Å²) in [5.41, 5.74) is 7.64. The number of hydrogen-bond donors (Lipinski definition) is 3. The van der Waals surface area contributed by atoms with Crippen LogP contribution in [0.15, 0.2) is 40.1 Å². The Labute approximate surface area is 316 Å². The molecule has 6 heterocycles. The zero-order valence-corrected chi connectivity index (χ0v) is 31.7. The average Bonchev–Trinajstić information content (AvgIpc) is 3.12. The van der Waals surface area contributed by atoms with Crippen molar-refractivity contribution in [2.75, 3.05) is 49.5 Å². The maximum Gasteiger partial charge on any atom is 0.294 e. The van der Waals surface area contributed by atoms with Crippen LogP contribution in [-0.2, 0) is 45.8 Å². The minimum absolute atomic E-state index is 0.0390. The second-order valence-corrected chi connectivity index (χ2v) is 17.8. The zero-order chi connectivity index (χ0) is 36.6. The molecule has 0 saturated carbocycles. The van der Waals surface area contributed by atoms with E-state index in [4.69, 9.17) is 27.9 Å². The fourth-order valence-corrected chi connectivity index (χ4v) is 11.0. The Hall–Kier alpha value is -3.86. The lowest BCUT2D eigenvalue weighted by atomic mass is 9.82. The average molecular weight is 798 g/mol. The largest absolute Gasteiger partial charge is 0.455 e. The summed E-state index contributed by atoms with van der Waals surface area (Å²) in [6, 6.07) is 8.08. The van der Waals surface area contributed by atoms with Crippen LogP contribution in [0.5, 0.6) is 11.5 Å². The van der Waals surface area contributed by atoms with Crippen molar-refractivity contribution in [3.63, 3.8) is 0 Å². The van der Waals surface area contributed by atoms with E-state index in [1.54, 1.807) is 0 Å². The number of nitrogens with one attached hydrogen (secondary N) is 2. The van der Waals surface area contributed by atoms with Crippen molar-refractivity contribution in [1.82, 2.24) is 24.2 Å². The van der Waals surface area contributed by atoms with E-state index < -0.39 is 25.0 Å². The molecular weight excluding hydrogens is 761 g/mol. The number of aryl methyl sites for hydroxylation is 2. The van der Waals surface area contributed by atoms with Crippen LogP contribution in [0.1, 0.15) is 59.1 Å². The number of ether oxygens (including phenoxy) is 1. The molecule has 0 bridgehead atoms. The van der Waals surface area contributed by atoms with Gasteiger partial charge < -0.3 is 15.0 Å². The first kappa shape index (κ1) is 34.9. The summed E-state index contributed by atoms with van der Waals surface area (Å²) in [6.45, 7) is 3.82. The van der Waals surface area contributed by atoms with Crippen molar-refractivity contribution in [1.29, 1.82) is 0 Å². The van der Waals surface area contributed by atoms with Crippen molar-refractivity contribution >= 4 is 60.6 Å². The van der Waals surface area contributed by atoms with E-state index in [1.165, 1.54) is 34.3 Å². The summed E-state index contributed by atoms with van der Waals surface area (Å²) in [7, 11) is -9.17. The quantitative estimate of drug-likeness (QED) is 0.120. The number of fused-ring (bicyclic) bond motifs is 4. The van der Waals surface area contributed by atoms with E-state index in [9.17, 15) is 21.4 Å². The molecule has 0 aliphatic carbocycles. The standard InChI is InChI=1S/C36H35Cl2N7O6S2/c37-34-41-35(38)43-36(42-34)39-11-12-40-52(46,47)28-19-22(53(48,49)50)9-10-23(28)29-26-17-20-5-1-13-44-15-3-7-24(30(20)44)32(26)51-33-25-8-4-16-45-14-2-6-21(31(25)45)18-27(29)33/h9-10,17-19,40H,1-8,11-16H2,(H-,39,41,42,43,48,49,50)/p+1. The summed E-state index contributed by atoms with van der Waals surface area (Å²) >= 11 is 11.8. The minimum Gasteiger partial charge on any atom is -0.455 e. The van der Waals surface area contributed by atoms with Crippen LogP contribution in [0.3, 0.4) is 0 Å². The Morgan fingerprint density at radius 1 is 0.811 bits per heavy atom. The molecule has 276 valence electrons. The number of rotatable bonds is 8. The van der Waals surface area contributed by atoms with Crippen LogP contribution < -0.4 is 34.8 Å². The number of benzene rings is 3. The summed E-state index contributed by atoms with van der Waals surface area (Å²) in [5.74, 6) is 1.53. The van der Waals surface area contributed by atoms with E-state index in [0.29, 0.717) is 11.1 Å². The Morgan fingerprint density at radius 3 is 2.30 bits per heavy atom. The van der Waals surface area contributed by atoms with E-state index >= 15 is 0 Å². The third kappa shape index (κ3) is 6.15. The lowest BCUT2D eigenvalue weighted by Gasteiger charge is -2.39. The molecule has 0 amide bonds. The first-order valence-electron chi connectivity index (χ1n) is 17.8. The molecule has 0 unspecified atom stereocenters. The van der Waals surface area contributed by atoms with Crippen molar-refractivity contribution in [2.24, 2.45) is 0 Å². The van der Waals surface area contributed by atoms with Gasteiger partial charge >= 0.3 is 0 Å². The number of anilines is 2. The van der Waals surface area contributed by atoms with Crippen LogP contribution in [0.4, 0.5) is 11.6 Å². The molecular formula is C36H36Cl2N7O6S2+. The fourth-order valence-electron chi connectivity index (χ4n) is 8.74. The smallest absolute Gasteiger partial charge is 0.294 e. The molecule has 17 heteroatoms. The highest BCUT2D eigenvalue weighted by Crippen LogP contribution is 2.49. The number of sulfonamides is 1. The van der Waals surface area contributed by atoms with Gasteiger partial charge in [-0.1, -0.05) is 6.07 Å². The first-order valence-corrected chi connectivity index (χ1v) is 21.5. The molecule has 5 aliphatic rings. The number of hydrogen-bond acceptors (Lipinski definition) is 10. The molecule has 9 rings (SSSR count). The Bertz CT molecular complexity index is 2580. The van der Waals surface area contributed by atoms with Gasteiger partial charge in [0.1, 0.15) is 24.6 Å². The summed E-state index contributed by atoms with van der Waals surface area (Å²) < 4.78 is 76.0. The summed E-state index contributed by atoms with van der Waals surface area (Å²) in [5, 5.41) is 4.63. The van der Waals surface area contributed by atoms with Gasteiger partial charge in [-0.25, -0.2) is 17.7 Å². The SMILES string of the molecule is O=S(=O)(O)c1ccc(C2=c3cc4c5c(c3Oc3c2cc2c6c3CCCN6CCC2)CCC[N+]=5CCC4)c(S(=O)(=O)NCCNc2nc(Cl)nc(Cl)n2)c1. The Kier molecular flexibility index (Phi) is 8.66. The van der Waals surface area contributed by atoms with Crippen LogP contribution in [-0.4, -0.2) is 75.6 Å². The van der Waals surface area contributed by atoms with Gasteiger partial charge in [0, 0.05) is 77.8 Å². The zero-order valence-electron chi connectivity index (χ0n) is 28.6. The second kappa shape index (κ2) is 13.2. The molecule has 53 heavy (non-hydrogen) atoms. The predicted octanol–water partition coefficient (Wildman–Crippen LogP) is 3.25. The van der Waals surface area contributed by atoms with Crippen LogP contribution in [0, 0.1) is 0 Å². The van der Waals surface area contributed by atoms with Crippen LogP contribution >= 0.6 is 23.2 Å². The van der Waals surface area contributed by atoms with Gasteiger partial charge in [0.2, 0.25) is 31.9 Å². The monoisotopic (exact) mass is 796 g/mol. The van der Waals surface area contributed by atoms with E-state index in [-0.39, 0.29) is 34.5 Å². The van der Waals surface area contributed by atoms with E-state index in [0.717, 1.165) is 117 Å². The highest BCUT2D eigenvalue weighted by molar-refractivity contribution is 7.89. The molecule has 3 N–H and O–H groups in total. The topological polar surface area (TPSA) is 167 Å². The highest BCUT2D eigenvalue weighted by atomic mass is 35.5. The van der Waals surface area contributed by atoms with Gasteiger partial charge in [-0.3, -0.25) is 4.55 Å². The molecule has 0 atom stereocenters. The van der Waals surface area contributed by atoms with Crippen molar-refractivity contribution in [2.45, 2.75) is 61.2 Å². The van der Waals surface area contributed by atoms with Gasteiger partial charge in [0.05, 0.1) is 15.4 Å². The summed E-state index contributed by atoms with van der Waals surface area (Å²) in [6.07, 6.45) is 7.40. The Balaban J connectivity index is 1.26. The molecule has 0 fully saturated rings. The van der Waals surface area contributed by atoms with Crippen LogP contribution in [0.25, 0.3) is 5.57 Å². The number of aromatic nitrogens is 3. The maximum atomic E-state index is 14.4. The van der Waals surface area contributed by atoms with Gasteiger partial charge in [0.15, 0.2) is 0 Å². The Morgan fingerprint density at radius 2 is 1.53 bits per heavy atom. The van der Waals surface area contributed by atoms with Crippen molar-refractivity contribution in [3.05, 3.63) is 84.9 Å².